The van der Waals surface area contributed by atoms with E-state index in [1.807, 2.05) is 61.7 Å². The van der Waals surface area contributed by atoms with Gasteiger partial charge in [-0.2, -0.15) is 0 Å². The van der Waals surface area contributed by atoms with Crippen LogP contribution in [0.1, 0.15) is 46.4 Å². The van der Waals surface area contributed by atoms with E-state index < -0.39 is 0 Å². The zero-order chi connectivity index (χ0) is 28.9. The molecule has 41 heavy (non-hydrogen) atoms. The second-order valence-electron chi connectivity index (χ2n) is 8.75. The van der Waals surface area contributed by atoms with Gasteiger partial charge in [0.25, 0.3) is 5.91 Å². The van der Waals surface area contributed by atoms with E-state index in [1.54, 1.807) is 36.3 Å². The molecule has 0 unspecified atom stereocenters. The fraction of sp³-hybridized carbons (Fsp3) is 0.300. The first-order valence-electron chi connectivity index (χ1n) is 12.7. The molecule has 2 aromatic carbocycles. The monoisotopic (exact) mass is 560 g/mol. The average molecular weight is 561 g/mol. The molecule has 4 rings (SSSR count). The highest BCUT2D eigenvalue weighted by Crippen LogP contribution is 2.31. The molecule has 0 aliphatic heterocycles. The Balaban J connectivity index is 0.000000280. The molecule has 0 bridgehead atoms. The van der Waals surface area contributed by atoms with Crippen molar-refractivity contribution in [2.45, 2.75) is 47.8 Å². The number of para-hydroxylation sites is 1. The smallest absolute Gasteiger partial charge is 0.251 e. The maximum absolute atomic E-state index is 12.1. The lowest BCUT2D eigenvalue weighted by Crippen LogP contribution is -2.25. The Morgan fingerprint density at radius 2 is 1.78 bits per heavy atom. The molecule has 0 spiro atoms. The molecule has 0 fully saturated rings. The van der Waals surface area contributed by atoms with Crippen molar-refractivity contribution in [2.75, 3.05) is 19.1 Å². The molecule has 11 heteroatoms. The minimum absolute atomic E-state index is 0. The summed E-state index contributed by atoms with van der Waals surface area (Å²) in [6.45, 7) is 15.1. The van der Waals surface area contributed by atoms with Crippen LogP contribution in [-0.2, 0) is 19.6 Å². The summed E-state index contributed by atoms with van der Waals surface area (Å²) in [4.78, 5) is 12.1. The van der Waals surface area contributed by atoms with Crippen molar-refractivity contribution in [3.63, 3.8) is 0 Å². The summed E-state index contributed by atoms with van der Waals surface area (Å²) in [5.74, 6) is 3.63. The third kappa shape index (κ3) is 9.06. The summed E-state index contributed by atoms with van der Waals surface area (Å²) in [6.07, 6.45) is 5.11. The third-order valence-corrected chi connectivity index (χ3v) is 5.80. The van der Waals surface area contributed by atoms with Crippen LogP contribution in [0.2, 0.25) is 0 Å². The molecule has 0 saturated carbocycles. The fourth-order valence-corrected chi connectivity index (χ4v) is 3.76. The van der Waals surface area contributed by atoms with Gasteiger partial charge in [0.05, 0.1) is 20.2 Å². The average Bonchev–Trinajstić information content (AvgIpc) is 3.54. The Morgan fingerprint density at radius 1 is 1.00 bits per heavy atom. The summed E-state index contributed by atoms with van der Waals surface area (Å²) in [5, 5.41) is 18.7. The van der Waals surface area contributed by atoms with Gasteiger partial charge in [-0.1, -0.05) is 56.0 Å². The molecule has 0 atom stereocenters. The summed E-state index contributed by atoms with van der Waals surface area (Å²) >= 11 is 0. The number of hydrogen-bond acceptors (Lipinski definition) is 8. The zero-order valence-corrected chi connectivity index (χ0v) is 23.4. The number of benzene rings is 2. The Hall–Kier alpha value is -4.93. The minimum Gasteiger partial charge on any atom is -0.493 e. The van der Waals surface area contributed by atoms with Crippen molar-refractivity contribution in [1.82, 2.24) is 35.0 Å². The lowest BCUT2D eigenvalue weighted by Gasteiger charge is -2.15. The molecule has 0 aliphatic rings. The molecule has 218 valence electrons. The molecule has 11 nitrogen and oxygen atoms in total. The maximum atomic E-state index is 12.1. The number of carbonyl (C=O) groups is 1. The quantitative estimate of drug-likeness (QED) is 0.242. The second-order valence-corrected chi connectivity index (χ2v) is 8.75. The van der Waals surface area contributed by atoms with E-state index in [-0.39, 0.29) is 13.3 Å². The molecule has 0 saturated heterocycles. The Labute approximate surface area is 241 Å². The van der Waals surface area contributed by atoms with Crippen LogP contribution in [0.4, 0.5) is 0 Å². The number of nitrogens with one attached hydrogen (secondary N) is 2. The van der Waals surface area contributed by atoms with Gasteiger partial charge in [-0.15, -0.1) is 27.0 Å². The van der Waals surface area contributed by atoms with E-state index in [1.165, 1.54) is 0 Å². The predicted octanol–water partition coefficient (Wildman–Crippen LogP) is 4.55. The van der Waals surface area contributed by atoms with E-state index >= 15 is 0 Å². The van der Waals surface area contributed by atoms with Crippen molar-refractivity contribution in [3.05, 3.63) is 108 Å². The lowest BCUT2D eigenvalue weighted by molar-refractivity contribution is 0.0949. The summed E-state index contributed by atoms with van der Waals surface area (Å²) in [6, 6.07) is 13.3. The topological polar surface area (TPSA) is 121 Å². The van der Waals surface area contributed by atoms with Crippen LogP contribution in [0.3, 0.4) is 0 Å². The standard InChI is InChI=1S/C15H18N4O.C14H18N4O2.CH4/c1-4-8-19-12(3)17-18-14(19)10-16-15(20)13-7-5-6-11(2)9-13;1-4-8-20-14-12(6-5-7-13(14)19-3)9-16-18-10-15-17-11(18)2;/h4-7,9H,1,8,10H2,2-3H3,(H,16,20);4-7,10,16H,1,8-9H2,2-3H3;1H4. The van der Waals surface area contributed by atoms with Crippen LogP contribution in [0.25, 0.3) is 0 Å². The normalized spacial score (nSPS) is 9.95. The largest absolute Gasteiger partial charge is 0.493 e. The number of aromatic nitrogens is 6. The molecule has 2 N–H and O–H groups in total. The first-order chi connectivity index (χ1) is 19.4. The van der Waals surface area contributed by atoms with Gasteiger partial charge in [0, 0.05) is 17.7 Å². The first kappa shape index (κ1) is 32.3. The van der Waals surface area contributed by atoms with E-state index in [9.17, 15) is 4.79 Å². The number of ether oxygens (including phenoxy) is 2. The van der Waals surface area contributed by atoms with Crippen molar-refractivity contribution >= 4 is 5.91 Å². The second kappa shape index (κ2) is 16.2. The van der Waals surface area contributed by atoms with E-state index in [0.29, 0.717) is 43.3 Å². The van der Waals surface area contributed by atoms with Crippen molar-refractivity contribution < 1.29 is 14.3 Å². The maximum Gasteiger partial charge on any atom is 0.251 e. The summed E-state index contributed by atoms with van der Waals surface area (Å²) < 4.78 is 14.7. The number of nitrogens with zero attached hydrogens (tertiary/aromatic N) is 6. The number of amides is 1. The molecular formula is C30H40N8O3. The Morgan fingerprint density at radius 3 is 2.44 bits per heavy atom. The van der Waals surface area contributed by atoms with Crippen LogP contribution in [-0.4, -0.2) is 49.3 Å². The van der Waals surface area contributed by atoms with Crippen LogP contribution >= 0.6 is 0 Å². The van der Waals surface area contributed by atoms with Crippen LogP contribution in [0.15, 0.2) is 74.1 Å². The Kier molecular flexibility index (Phi) is 12.8. The highest BCUT2D eigenvalue weighted by atomic mass is 16.5. The van der Waals surface area contributed by atoms with Crippen molar-refractivity contribution in [2.24, 2.45) is 0 Å². The van der Waals surface area contributed by atoms with Gasteiger partial charge in [0.15, 0.2) is 17.3 Å². The van der Waals surface area contributed by atoms with Crippen LogP contribution in [0, 0.1) is 20.8 Å². The predicted molar refractivity (Wildman–Crippen MR) is 161 cm³/mol. The number of aryl methyl sites for hydroxylation is 3. The minimum atomic E-state index is -0.112. The number of carbonyl (C=O) groups excluding carboxylic acids is 1. The first-order valence-corrected chi connectivity index (χ1v) is 12.7. The van der Waals surface area contributed by atoms with Crippen LogP contribution < -0.4 is 20.2 Å². The van der Waals surface area contributed by atoms with E-state index in [4.69, 9.17) is 9.47 Å². The van der Waals surface area contributed by atoms with Gasteiger partial charge < -0.3 is 24.8 Å². The lowest BCUT2D eigenvalue weighted by atomic mass is 10.1. The molecule has 0 radical (unpaired) electrons. The van der Waals surface area contributed by atoms with Crippen molar-refractivity contribution in [3.8, 4) is 11.5 Å². The molecule has 1 amide bonds. The van der Waals surface area contributed by atoms with Crippen molar-refractivity contribution in [1.29, 1.82) is 0 Å². The summed E-state index contributed by atoms with van der Waals surface area (Å²) in [7, 11) is 1.62. The highest BCUT2D eigenvalue weighted by Gasteiger charge is 2.11. The number of hydrogen-bond donors (Lipinski definition) is 2. The fourth-order valence-electron chi connectivity index (χ4n) is 3.76. The molecule has 4 aromatic rings. The molecule has 2 heterocycles. The zero-order valence-electron chi connectivity index (χ0n) is 23.4. The molecule has 0 aliphatic carbocycles. The molecular weight excluding hydrogens is 520 g/mol. The van der Waals surface area contributed by atoms with Gasteiger partial charge in [0.2, 0.25) is 0 Å². The summed E-state index contributed by atoms with van der Waals surface area (Å²) in [5.41, 5.74) is 5.90. The SMILES string of the molecule is C.C=CCOc1c(CNn2cnnc2C)cccc1OC.C=CCn1c(C)nnc1CNC(=O)c1cccc(C)c1. The van der Waals surface area contributed by atoms with Gasteiger partial charge in [0.1, 0.15) is 24.6 Å². The third-order valence-electron chi connectivity index (χ3n) is 5.80. The Bertz CT molecular complexity index is 1430. The van der Waals surface area contributed by atoms with Gasteiger partial charge in [-0.25, -0.2) is 4.68 Å². The van der Waals surface area contributed by atoms with Crippen LogP contribution in [0.5, 0.6) is 11.5 Å². The molecule has 2 aromatic heterocycles. The number of methoxy groups -OCH3 is 1. The van der Waals surface area contributed by atoms with E-state index in [0.717, 1.165) is 28.6 Å². The highest BCUT2D eigenvalue weighted by molar-refractivity contribution is 5.94. The number of rotatable bonds is 12. The van der Waals surface area contributed by atoms with Gasteiger partial charge in [-0.3, -0.25) is 4.79 Å². The van der Waals surface area contributed by atoms with E-state index in [2.05, 4.69) is 44.3 Å². The van der Waals surface area contributed by atoms with Gasteiger partial charge in [-0.05, 0) is 39.0 Å². The van der Waals surface area contributed by atoms with Gasteiger partial charge >= 0.3 is 0 Å². The number of allylic oxidation sites excluding steroid dienone is 1.